The van der Waals surface area contributed by atoms with E-state index in [4.69, 9.17) is 0 Å². The van der Waals surface area contributed by atoms with Gasteiger partial charge >= 0.3 is 0 Å². The molecular formula is C9H16. The highest BCUT2D eigenvalue weighted by molar-refractivity contribution is 5.14. The second-order valence-corrected chi connectivity index (χ2v) is 2.64. The average molecular weight is 124 g/mol. The quantitative estimate of drug-likeness (QED) is 0.496. The second-order valence-electron chi connectivity index (χ2n) is 2.64. The molecule has 0 spiro atoms. The molecule has 0 nitrogen and oxygen atoms in total. The molecule has 0 fully saturated rings. The lowest BCUT2D eigenvalue weighted by atomic mass is 10.1. The van der Waals surface area contributed by atoms with Crippen LogP contribution in [0.15, 0.2) is 23.8 Å². The Hall–Kier alpha value is -0.520. The van der Waals surface area contributed by atoms with Crippen LogP contribution in [0.25, 0.3) is 0 Å². The molecule has 0 heterocycles. The van der Waals surface area contributed by atoms with E-state index in [1.807, 2.05) is 0 Å². The number of rotatable bonds is 2. The van der Waals surface area contributed by atoms with Gasteiger partial charge in [0.05, 0.1) is 0 Å². The van der Waals surface area contributed by atoms with Gasteiger partial charge in [-0.2, -0.15) is 0 Å². The molecule has 0 bridgehead atoms. The normalized spacial score (nSPS) is 13.7. The first-order valence-electron chi connectivity index (χ1n) is 3.48. The van der Waals surface area contributed by atoms with E-state index in [9.17, 15) is 0 Å². The van der Waals surface area contributed by atoms with Crippen LogP contribution in [0.2, 0.25) is 0 Å². The molecule has 0 atom stereocenters. The minimum absolute atomic E-state index is 0.667. The Morgan fingerprint density at radius 1 is 1.33 bits per heavy atom. The van der Waals surface area contributed by atoms with Crippen molar-refractivity contribution >= 4 is 0 Å². The first-order valence-corrected chi connectivity index (χ1v) is 3.48. The molecule has 9 heavy (non-hydrogen) atoms. The van der Waals surface area contributed by atoms with Gasteiger partial charge in [0.1, 0.15) is 0 Å². The fourth-order valence-electron chi connectivity index (χ4n) is 0.440. The average Bonchev–Trinajstić information content (AvgIpc) is 1.83. The standard InChI is InChI=1S/C9H16/c1-5-9(4)7-6-8(2)3/h5-8H,1-4H3. The van der Waals surface area contributed by atoms with Crippen molar-refractivity contribution in [2.45, 2.75) is 27.7 Å². The predicted molar refractivity (Wildman–Crippen MR) is 43.4 cm³/mol. The fraction of sp³-hybridized carbons (Fsp3) is 0.556. The Labute approximate surface area is 58.3 Å². The van der Waals surface area contributed by atoms with Crippen LogP contribution in [0.5, 0.6) is 0 Å². The lowest BCUT2D eigenvalue weighted by Gasteiger charge is -1.92. The molecule has 0 aliphatic carbocycles. The highest BCUT2D eigenvalue weighted by atomic mass is 13.9. The highest BCUT2D eigenvalue weighted by Gasteiger charge is 1.82. The molecular weight excluding hydrogens is 108 g/mol. The zero-order chi connectivity index (χ0) is 7.28. The van der Waals surface area contributed by atoms with E-state index in [-0.39, 0.29) is 0 Å². The topological polar surface area (TPSA) is 0 Å². The summed E-state index contributed by atoms with van der Waals surface area (Å²) in [6.45, 7) is 8.53. The molecule has 0 aromatic carbocycles. The van der Waals surface area contributed by atoms with Crippen LogP contribution >= 0.6 is 0 Å². The van der Waals surface area contributed by atoms with Crippen molar-refractivity contribution in [2.75, 3.05) is 0 Å². The Bertz CT molecular complexity index is 116. The molecule has 0 aliphatic rings. The summed E-state index contributed by atoms with van der Waals surface area (Å²) in [6, 6.07) is 0. The van der Waals surface area contributed by atoms with E-state index in [1.54, 1.807) is 0 Å². The molecule has 0 amide bonds. The van der Waals surface area contributed by atoms with Gasteiger partial charge in [-0.1, -0.05) is 37.6 Å². The summed E-state index contributed by atoms with van der Waals surface area (Å²) in [4.78, 5) is 0. The zero-order valence-corrected chi connectivity index (χ0v) is 6.81. The van der Waals surface area contributed by atoms with E-state index in [0.717, 1.165) is 0 Å². The summed E-state index contributed by atoms with van der Waals surface area (Å²) >= 11 is 0. The van der Waals surface area contributed by atoms with Crippen LogP contribution in [0.1, 0.15) is 27.7 Å². The summed E-state index contributed by atoms with van der Waals surface area (Å²) < 4.78 is 0. The molecule has 0 saturated carbocycles. The first kappa shape index (κ1) is 8.48. The lowest BCUT2D eigenvalue weighted by Crippen LogP contribution is -1.76. The smallest absolute Gasteiger partial charge is 0.0287 e. The van der Waals surface area contributed by atoms with Crippen LogP contribution in [-0.4, -0.2) is 0 Å². The Morgan fingerprint density at radius 3 is 2.22 bits per heavy atom. The minimum Gasteiger partial charge on any atom is -0.0847 e. The van der Waals surface area contributed by atoms with Gasteiger partial charge in [-0.25, -0.2) is 0 Å². The SMILES string of the molecule is CC=C(C)C=CC(C)C. The predicted octanol–water partition coefficient (Wildman–Crippen LogP) is 3.16. The van der Waals surface area contributed by atoms with Gasteiger partial charge in [-0.05, 0) is 19.8 Å². The van der Waals surface area contributed by atoms with E-state index in [1.165, 1.54) is 5.57 Å². The fourth-order valence-corrected chi connectivity index (χ4v) is 0.440. The van der Waals surface area contributed by atoms with E-state index in [0.29, 0.717) is 5.92 Å². The zero-order valence-electron chi connectivity index (χ0n) is 6.81. The first-order chi connectivity index (χ1) is 4.16. The van der Waals surface area contributed by atoms with E-state index < -0.39 is 0 Å². The largest absolute Gasteiger partial charge is 0.0847 e. The third-order valence-corrected chi connectivity index (χ3v) is 1.20. The van der Waals surface area contributed by atoms with Crippen molar-refractivity contribution in [1.82, 2.24) is 0 Å². The van der Waals surface area contributed by atoms with Crippen molar-refractivity contribution in [3.63, 3.8) is 0 Å². The van der Waals surface area contributed by atoms with Crippen molar-refractivity contribution in [1.29, 1.82) is 0 Å². The molecule has 0 rings (SSSR count). The Balaban J connectivity index is 3.71. The van der Waals surface area contributed by atoms with Crippen LogP contribution < -0.4 is 0 Å². The van der Waals surface area contributed by atoms with Crippen LogP contribution in [0, 0.1) is 5.92 Å². The molecule has 0 aliphatic heterocycles. The monoisotopic (exact) mass is 124 g/mol. The van der Waals surface area contributed by atoms with Gasteiger partial charge in [-0.3, -0.25) is 0 Å². The van der Waals surface area contributed by atoms with Gasteiger partial charge in [0.25, 0.3) is 0 Å². The van der Waals surface area contributed by atoms with Crippen molar-refractivity contribution in [2.24, 2.45) is 5.92 Å². The van der Waals surface area contributed by atoms with Gasteiger partial charge < -0.3 is 0 Å². The number of hydrogen-bond acceptors (Lipinski definition) is 0. The van der Waals surface area contributed by atoms with E-state index in [2.05, 4.69) is 45.9 Å². The summed E-state index contributed by atoms with van der Waals surface area (Å²) in [5.74, 6) is 0.667. The third kappa shape index (κ3) is 5.35. The highest BCUT2D eigenvalue weighted by Crippen LogP contribution is 1.99. The Kier molecular flexibility index (Phi) is 4.12. The maximum absolute atomic E-state index is 2.20. The molecule has 0 unspecified atom stereocenters. The van der Waals surface area contributed by atoms with Crippen molar-refractivity contribution in [3.8, 4) is 0 Å². The van der Waals surface area contributed by atoms with Gasteiger partial charge in [-0.15, -0.1) is 0 Å². The molecule has 0 radical (unpaired) electrons. The maximum Gasteiger partial charge on any atom is -0.0287 e. The Morgan fingerprint density at radius 2 is 1.89 bits per heavy atom. The summed E-state index contributed by atoms with van der Waals surface area (Å²) in [5, 5.41) is 0. The lowest BCUT2D eigenvalue weighted by molar-refractivity contribution is 0.831. The van der Waals surface area contributed by atoms with Crippen molar-refractivity contribution < 1.29 is 0 Å². The summed E-state index contributed by atoms with van der Waals surface area (Å²) in [6.07, 6.45) is 6.47. The number of allylic oxidation sites excluding steroid dienone is 4. The van der Waals surface area contributed by atoms with Crippen LogP contribution in [0.4, 0.5) is 0 Å². The van der Waals surface area contributed by atoms with Gasteiger partial charge in [0.2, 0.25) is 0 Å². The molecule has 0 saturated heterocycles. The number of hydrogen-bond donors (Lipinski definition) is 0. The molecule has 52 valence electrons. The van der Waals surface area contributed by atoms with Crippen LogP contribution in [0.3, 0.4) is 0 Å². The van der Waals surface area contributed by atoms with Gasteiger partial charge in [0.15, 0.2) is 0 Å². The molecule has 0 aromatic rings. The van der Waals surface area contributed by atoms with Crippen LogP contribution in [-0.2, 0) is 0 Å². The second kappa shape index (κ2) is 4.37. The maximum atomic E-state index is 2.20. The summed E-state index contributed by atoms with van der Waals surface area (Å²) in [7, 11) is 0. The van der Waals surface area contributed by atoms with Crippen molar-refractivity contribution in [3.05, 3.63) is 23.8 Å². The molecule has 0 heteroatoms. The summed E-state index contributed by atoms with van der Waals surface area (Å²) in [5.41, 5.74) is 1.34. The molecule has 0 aromatic heterocycles. The molecule has 0 N–H and O–H groups in total. The van der Waals surface area contributed by atoms with E-state index >= 15 is 0 Å². The third-order valence-electron chi connectivity index (χ3n) is 1.20. The minimum atomic E-state index is 0.667. The van der Waals surface area contributed by atoms with Gasteiger partial charge in [0, 0.05) is 0 Å².